The highest BCUT2D eigenvalue weighted by Gasteiger charge is 2.19. The van der Waals surface area contributed by atoms with Crippen molar-refractivity contribution in [1.29, 1.82) is 0 Å². The summed E-state index contributed by atoms with van der Waals surface area (Å²) in [4.78, 5) is 24.6. The van der Waals surface area contributed by atoms with Crippen LogP contribution in [0.2, 0.25) is 0 Å². The number of carbonyl (C=O) groups is 2. The number of para-hydroxylation sites is 1. The molecule has 2 N–H and O–H groups in total. The van der Waals surface area contributed by atoms with Crippen molar-refractivity contribution < 1.29 is 14.7 Å². The zero-order valence-corrected chi connectivity index (χ0v) is 13.0. The van der Waals surface area contributed by atoms with Crippen LogP contribution in [0.3, 0.4) is 0 Å². The van der Waals surface area contributed by atoms with Gasteiger partial charge in [0.2, 0.25) is 0 Å². The Balaban J connectivity index is 2.06. The first-order valence-electron chi connectivity index (χ1n) is 7.90. The maximum absolute atomic E-state index is 12.5. The molecule has 2 rings (SSSR count). The predicted molar refractivity (Wildman–Crippen MR) is 86.2 cm³/mol. The lowest BCUT2D eigenvalue weighted by Gasteiger charge is -2.26. The summed E-state index contributed by atoms with van der Waals surface area (Å²) in [5, 5.41) is 12.2. The molecule has 1 aliphatic carbocycles. The molecule has 0 radical (unpaired) electrons. The van der Waals surface area contributed by atoms with E-state index in [-0.39, 0.29) is 18.9 Å². The van der Waals surface area contributed by atoms with Crippen LogP contribution in [0.25, 0.3) is 0 Å². The summed E-state index contributed by atoms with van der Waals surface area (Å²) < 4.78 is 0. The highest BCUT2D eigenvalue weighted by molar-refractivity contribution is 5.99. The zero-order valence-electron chi connectivity index (χ0n) is 13.0. The van der Waals surface area contributed by atoms with Crippen LogP contribution in [-0.2, 0) is 4.79 Å². The zero-order chi connectivity index (χ0) is 15.9. The molecule has 0 heterocycles. The van der Waals surface area contributed by atoms with E-state index in [0.717, 1.165) is 18.5 Å². The molecule has 5 heteroatoms. The second kappa shape index (κ2) is 7.82. The number of benzene rings is 1. The molecule has 0 atom stereocenters. The Morgan fingerprint density at radius 1 is 1.23 bits per heavy atom. The standard InChI is InChI=1S/C17H24N2O3/c1-19(12-11-16(20)21)17(22)14-9-5-6-10-15(14)18-13-7-3-2-4-8-13/h5-6,9-10,13,18H,2-4,7-8,11-12H2,1H3,(H,20,21). The Labute approximate surface area is 131 Å². The topological polar surface area (TPSA) is 69.6 Å². The average Bonchev–Trinajstić information content (AvgIpc) is 2.53. The van der Waals surface area contributed by atoms with Gasteiger partial charge in [-0.15, -0.1) is 0 Å². The summed E-state index contributed by atoms with van der Waals surface area (Å²) in [5.74, 6) is -1.03. The normalized spacial score (nSPS) is 15.3. The van der Waals surface area contributed by atoms with Gasteiger partial charge in [0.1, 0.15) is 0 Å². The second-order valence-corrected chi connectivity index (χ2v) is 5.90. The number of aliphatic carboxylic acids is 1. The number of hydrogen-bond donors (Lipinski definition) is 2. The molecule has 1 aromatic carbocycles. The van der Waals surface area contributed by atoms with Crippen LogP contribution in [0.1, 0.15) is 48.9 Å². The minimum Gasteiger partial charge on any atom is -0.481 e. The maximum Gasteiger partial charge on any atom is 0.305 e. The van der Waals surface area contributed by atoms with Gasteiger partial charge in [-0.25, -0.2) is 0 Å². The lowest BCUT2D eigenvalue weighted by molar-refractivity contribution is -0.137. The van der Waals surface area contributed by atoms with Crippen molar-refractivity contribution in [2.75, 3.05) is 18.9 Å². The smallest absolute Gasteiger partial charge is 0.305 e. The number of nitrogens with zero attached hydrogens (tertiary/aromatic N) is 1. The number of nitrogens with one attached hydrogen (secondary N) is 1. The highest BCUT2D eigenvalue weighted by atomic mass is 16.4. The van der Waals surface area contributed by atoms with Crippen molar-refractivity contribution in [1.82, 2.24) is 4.90 Å². The molecule has 120 valence electrons. The molecule has 22 heavy (non-hydrogen) atoms. The Kier molecular flexibility index (Phi) is 5.81. The van der Waals surface area contributed by atoms with Gasteiger partial charge in [0.25, 0.3) is 5.91 Å². The minimum absolute atomic E-state index is 0.0412. The van der Waals surface area contributed by atoms with Gasteiger partial charge in [0, 0.05) is 25.3 Å². The van der Waals surface area contributed by atoms with Crippen LogP contribution in [0.4, 0.5) is 5.69 Å². The van der Waals surface area contributed by atoms with E-state index < -0.39 is 5.97 Å². The fraction of sp³-hybridized carbons (Fsp3) is 0.529. The number of rotatable bonds is 6. The quantitative estimate of drug-likeness (QED) is 0.847. The van der Waals surface area contributed by atoms with Gasteiger partial charge in [0.05, 0.1) is 12.0 Å². The van der Waals surface area contributed by atoms with E-state index in [0.29, 0.717) is 11.6 Å². The van der Waals surface area contributed by atoms with Crippen LogP contribution in [0, 0.1) is 0 Å². The Hall–Kier alpha value is -2.04. The van der Waals surface area contributed by atoms with Gasteiger partial charge in [-0.2, -0.15) is 0 Å². The van der Waals surface area contributed by atoms with Crippen molar-refractivity contribution in [3.63, 3.8) is 0 Å². The molecular formula is C17H24N2O3. The van der Waals surface area contributed by atoms with E-state index in [2.05, 4.69) is 5.32 Å². The third kappa shape index (κ3) is 4.48. The molecule has 0 bridgehead atoms. The monoisotopic (exact) mass is 304 g/mol. The average molecular weight is 304 g/mol. The molecule has 0 aliphatic heterocycles. The van der Waals surface area contributed by atoms with Gasteiger partial charge in [-0.3, -0.25) is 9.59 Å². The molecule has 1 aromatic rings. The SMILES string of the molecule is CN(CCC(=O)O)C(=O)c1ccccc1NC1CCCCC1. The third-order valence-electron chi connectivity index (χ3n) is 4.13. The second-order valence-electron chi connectivity index (χ2n) is 5.90. The van der Waals surface area contributed by atoms with Crippen molar-refractivity contribution >= 4 is 17.6 Å². The fourth-order valence-electron chi connectivity index (χ4n) is 2.83. The predicted octanol–water partition coefficient (Wildman–Crippen LogP) is 2.98. The Bertz CT molecular complexity index is 524. The largest absolute Gasteiger partial charge is 0.481 e. The molecule has 0 aromatic heterocycles. The molecular weight excluding hydrogens is 280 g/mol. The van der Waals surface area contributed by atoms with Crippen LogP contribution in [0.5, 0.6) is 0 Å². The van der Waals surface area contributed by atoms with E-state index in [1.54, 1.807) is 13.1 Å². The molecule has 0 spiro atoms. The van der Waals surface area contributed by atoms with Gasteiger partial charge >= 0.3 is 5.97 Å². The number of carboxylic acids is 1. The number of carboxylic acid groups (broad SMARTS) is 1. The maximum atomic E-state index is 12.5. The van der Waals surface area contributed by atoms with Gasteiger partial charge in [-0.05, 0) is 25.0 Å². The molecule has 0 saturated heterocycles. The van der Waals surface area contributed by atoms with Crippen molar-refractivity contribution in [2.45, 2.75) is 44.6 Å². The van der Waals surface area contributed by atoms with Crippen LogP contribution in [-0.4, -0.2) is 41.5 Å². The van der Waals surface area contributed by atoms with Crippen molar-refractivity contribution in [3.8, 4) is 0 Å². The van der Waals surface area contributed by atoms with Crippen LogP contribution < -0.4 is 5.32 Å². The first-order valence-corrected chi connectivity index (χ1v) is 7.90. The van der Waals surface area contributed by atoms with E-state index >= 15 is 0 Å². The van der Waals surface area contributed by atoms with Gasteiger partial charge in [0.15, 0.2) is 0 Å². The summed E-state index contributed by atoms with van der Waals surface area (Å²) in [5.41, 5.74) is 1.46. The molecule has 1 fully saturated rings. The number of carbonyl (C=O) groups excluding carboxylic acids is 1. The lowest BCUT2D eigenvalue weighted by Crippen LogP contribution is -2.30. The van der Waals surface area contributed by atoms with Crippen molar-refractivity contribution in [3.05, 3.63) is 29.8 Å². The lowest BCUT2D eigenvalue weighted by atomic mass is 9.95. The third-order valence-corrected chi connectivity index (χ3v) is 4.13. The number of hydrogen-bond acceptors (Lipinski definition) is 3. The molecule has 1 amide bonds. The molecule has 0 unspecified atom stereocenters. The first-order chi connectivity index (χ1) is 10.6. The summed E-state index contributed by atoms with van der Waals surface area (Å²) >= 11 is 0. The van der Waals surface area contributed by atoms with Crippen LogP contribution in [0.15, 0.2) is 24.3 Å². The molecule has 1 aliphatic rings. The van der Waals surface area contributed by atoms with Gasteiger partial charge in [-0.1, -0.05) is 31.4 Å². The Morgan fingerprint density at radius 3 is 2.59 bits per heavy atom. The van der Waals surface area contributed by atoms with Crippen molar-refractivity contribution in [2.24, 2.45) is 0 Å². The minimum atomic E-state index is -0.895. The van der Waals surface area contributed by atoms with Crippen LogP contribution >= 0.6 is 0 Å². The summed E-state index contributed by atoms with van der Waals surface area (Å²) in [7, 11) is 1.64. The van der Waals surface area contributed by atoms with E-state index in [9.17, 15) is 9.59 Å². The van der Waals surface area contributed by atoms with E-state index in [1.165, 1.54) is 24.2 Å². The summed E-state index contributed by atoms with van der Waals surface area (Å²) in [6, 6.07) is 7.90. The number of amides is 1. The summed E-state index contributed by atoms with van der Waals surface area (Å²) in [6.07, 6.45) is 5.98. The van der Waals surface area contributed by atoms with E-state index in [4.69, 9.17) is 5.11 Å². The van der Waals surface area contributed by atoms with Gasteiger partial charge < -0.3 is 15.3 Å². The van der Waals surface area contributed by atoms with E-state index in [1.807, 2.05) is 18.2 Å². The number of anilines is 1. The first kappa shape index (κ1) is 16.3. The highest BCUT2D eigenvalue weighted by Crippen LogP contribution is 2.24. The fourth-order valence-corrected chi connectivity index (χ4v) is 2.83. The molecule has 1 saturated carbocycles. The molecule has 5 nitrogen and oxygen atoms in total. The summed E-state index contributed by atoms with van der Waals surface area (Å²) in [6.45, 7) is 0.214. The Morgan fingerprint density at radius 2 is 1.91 bits per heavy atom.